The Kier molecular flexibility index (Phi) is 4.34. The van der Waals surface area contributed by atoms with Gasteiger partial charge in [0.2, 0.25) is 0 Å². The van der Waals surface area contributed by atoms with Gasteiger partial charge < -0.3 is 5.32 Å². The van der Waals surface area contributed by atoms with Crippen LogP contribution in [0.2, 0.25) is 5.02 Å². The van der Waals surface area contributed by atoms with E-state index in [-0.39, 0.29) is 5.54 Å². The predicted molar refractivity (Wildman–Crippen MR) is 93.0 cm³/mol. The van der Waals surface area contributed by atoms with Gasteiger partial charge in [-0.2, -0.15) is 0 Å². The molecule has 0 radical (unpaired) electrons. The van der Waals surface area contributed by atoms with E-state index in [0.717, 1.165) is 32.0 Å². The first kappa shape index (κ1) is 14.7. The first-order chi connectivity index (χ1) is 9.56. The lowest BCUT2D eigenvalue weighted by molar-refractivity contribution is 0.273. The molecule has 2 nitrogen and oxygen atoms in total. The van der Waals surface area contributed by atoms with Gasteiger partial charge in [-0.1, -0.05) is 30.3 Å². The fourth-order valence-electron chi connectivity index (χ4n) is 2.80. The summed E-state index contributed by atoms with van der Waals surface area (Å²) in [5, 5.41) is 5.20. The molecule has 0 bridgehead atoms. The van der Waals surface area contributed by atoms with E-state index >= 15 is 0 Å². The Balaban J connectivity index is 1.71. The molecule has 1 aromatic carbocycles. The molecule has 1 spiro atoms. The van der Waals surface area contributed by atoms with E-state index in [1.165, 1.54) is 25.7 Å². The van der Waals surface area contributed by atoms with E-state index in [1.807, 2.05) is 30.0 Å². The van der Waals surface area contributed by atoms with Gasteiger partial charge in [0.1, 0.15) is 0 Å². The lowest BCUT2D eigenvalue weighted by atomic mass is 9.79. The summed E-state index contributed by atoms with van der Waals surface area (Å²) in [6.07, 6.45) is 5.08. The average Bonchev–Trinajstić information content (AvgIpc) is 2.81. The molecule has 0 aromatic heterocycles. The second-order valence-corrected chi connectivity index (χ2v) is 8.09. The average molecular weight is 374 g/mol. The highest BCUT2D eigenvalue weighted by atomic mass is 79.9. The molecule has 1 heterocycles. The molecular formula is C15H18BrClN2S. The molecule has 0 atom stereocenters. The van der Waals surface area contributed by atoms with E-state index in [2.05, 4.69) is 28.2 Å². The summed E-state index contributed by atoms with van der Waals surface area (Å²) in [5.41, 5.74) is 1.23. The second kappa shape index (κ2) is 5.90. The van der Waals surface area contributed by atoms with Crippen LogP contribution in [-0.2, 0) is 0 Å². The third kappa shape index (κ3) is 3.18. The number of benzene rings is 1. The highest BCUT2D eigenvalue weighted by molar-refractivity contribution is 9.10. The zero-order valence-corrected chi connectivity index (χ0v) is 14.6. The van der Waals surface area contributed by atoms with Gasteiger partial charge in [0.15, 0.2) is 5.17 Å². The molecule has 2 aliphatic rings. The van der Waals surface area contributed by atoms with Crippen LogP contribution in [0.15, 0.2) is 27.7 Å². The molecule has 1 aliphatic heterocycles. The molecule has 20 heavy (non-hydrogen) atoms. The van der Waals surface area contributed by atoms with Crippen LogP contribution in [0.5, 0.6) is 0 Å². The molecule has 3 rings (SSSR count). The highest BCUT2D eigenvalue weighted by Gasteiger charge is 2.38. The molecule has 1 saturated carbocycles. The molecule has 5 heteroatoms. The molecule has 1 N–H and O–H groups in total. The normalized spacial score (nSPS) is 29.6. The van der Waals surface area contributed by atoms with Gasteiger partial charge in [-0.3, -0.25) is 4.99 Å². The van der Waals surface area contributed by atoms with Crippen LogP contribution in [0.3, 0.4) is 0 Å². The Hall–Kier alpha value is -0.190. The minimum absolute atomic E-state index is 0.198. The lowest BCUT2D eigenvalue weighted by Crippen LogP contribution is -2.32. The molecule has 0 unspecified atom stereocenters. The van der Waals surface area contributed by atoms with Gasteiger partial charge >= 0.3 is 0 Å². The zero-order valence-electron chi connectivity index (χ0n) is 11.5. The SMILES string of the molecule is CC1CCC2(CC1)CSC(Nc1ccc(Cl)c(Br)c1)=N2. The highest BCUT2D eigenvalue weighted by Crippen LogP contribution is 2.41. The largest absolute Gasteiger partial charge is 0.335 e. The second-order valence-electron chi connectivity index (χ2n) is 5.87. The summed E-state index contributed by atoms with van der Waals surface area (Å²) in [6.45, 7) is 2.35. The zero-order chi connectivity index (χ0) is 14.2. The minimum Gasteiger partial charge on any atom is -0.335 e. The first-order valence-corrected chi connectivity index (χ1v) is 9.17. The number of amidine groups is 1. The number of nitrogens with one attached hydrogen (secondary N) is 1. The summed E-state index contributed by atoms with van der Waals surface area (Å²) in [7, 11) is 0. The van der Waals surface area contributed by atoms with Gasteiger partial charge in [0.25, 0.3) is 0 Å². The van der Waals surface area contributed by atoms with Crippen molar-refractivity contribution in [2.45, 2.75) is 38.1 Å². The topological polar surface area (TPSA) is 24.4 Å². The molecule has 108 valence electrons. The summed E-state index contributed by atoms with van der Waals surface area (Å²) >= 11 is 11.3. The van der Waals surface area contributed by atoms with Crippen LogP contribution in [0, 0.1) is 5.92 Å². The quantitative estimate of drug-likeness (QED) is 0.696. The summed E-state index contributed by atoms with van der Waals surface area (Å²) in [4.78, 5) is 4.98. The molecule has 0 saturated heterocycles. The van der Waals surface area contributed by atoms with Crippen LogP contribution >= 0.6 is 39.3 Å². The number of nitrogens with zero attached hydrogens (tertiary/aromatic N) is 1. The monoisotopic (exact) mass is 372 g/mol. The molecule has 1 aliphatic carbocycles. The molecular weight excluding hydrogens is 356 g/mol. The number of rotatable bonds is 1. The number of aliphatic imine (C=N–C) groups is 1. The maximum absolute atomic E-state index is 6.02. The van der Waals surface area contributed by atoms with Crippen molar-refractivity contribution in [3.05, 3.63) is 27.7 Å². The van der Waals surface area contributed by atoms with E-state index in [1.54, 1.807) is 0 Å². The number of halogens is 2. The van der Waals surface area contributed by atoms with Gasteiger partial charge in [-0.05, 0) is 65.7 Å². The van der Waals surface area contributed by atoms with E-state index in [4.69, 9.17) is 16.6 Å². The van der Waals surface area contributed by atoms with Gasteiger partial charge in [-0.25, -0.2) is 0 Å². The summed E-state index contributed by atoms with van der Waals surface area (Å²) in [5.74, 6) is 1.99. The third-order valence-corrected chi connectivity index (χ3v) is 6.55. The van der Waals surface area contributed by atoms with Crippen molar-refractivity contribution in [3.8, 4) is 0 Å². The van der Waals surface area contributed by atoms with Crippen molar-refractivity contribution in [3.63, 3.8) is 0 Å². The van der Waals surface area contributed by atoms with E-state index in [0.29, 0.717) is 0 Å². The van der Waals surface area contributed by atoms with Crippen molar-refractivity contribution in [2.24, 2.45) is 10.9 Å². The van der Waals surface area contributed by atoms with Crippen LogP contribution in [0.4, 0.5) is 5.69 Å². The van der Waals surface area contributed by atoms with E-state index < -0.39 is 0 Å². The molecule has 0 amide bonds. The first-order valence-electron chi connectivity index (χ1n) is 7.01. The van der Waals surface area contributed by atoms with Crippen LogP contribution < -0.4 is 5.32 Å². The van der Waals surface area contributed by atoms with Gasteiger partial charge in [0, 0.05) is 15.9 Å². The van der Waals surface area contributed by atoms with Crippen molar-refractivity contribution in [1.82, 2.24) is 0 Å². The Bertz CT molecular complexity index is 539. The maximum Gasteiger partial charge on any atom is 0.161 e. The maximum atomic E-state index is 6.02. The summed E-state index contributed by atoms with van der Waals surface area (Å²) in [6, 6.07) is 5.88. The number of anilines is 1. The standard InChI is InChI=1S/C15H18BrClN2S/c1-10-4-6-15(7-5-10)9-20-14(19-15)18-11-2-3-13(17)12(16)8-11/h2-3,8,10H,4-7,9H2,1H3,(H,18,19). The van der Waals surface area contributed by atoms with Crippen LogP contribution in [-0.4, -0.2) is 16.5 Å². The Morgan fingerprint density at radius 3 is 2.85 bits per heavy atom. The number of hydrogen-bond acceptors (Lipinski definition) is 3. The fraction of sp³-hybridized carbons (Fsp3) is 0.533. The third-order valence-electron chi connectivity index (χ3n) is 4.19. The van der Waals surface area contributed by atoms with Crippen molar-refractivity contribution < 1.29 is 0 Å². The van der Waals surface area contributed by atoms with Crippen molar-refractivity contribution in [1.29, 1.82) is 0 Å². The fourth-order valence-corrected chi connectivity index (χ4v) is 4.50. The number of hydrogen-bond donors (Lipinski definition) is 1. The summed E-state index contributed by atoms with van der Waals surface area (Å²) < 4.78 is 0.911. The predicted octanol–water partition coefficient (Wildman–Crippen LogP) is 5.57. The van der Waals surface area contributed by atoms with Crippen molar-refractivity contribution in [2.75, 3.05) is 11.1 Å². The van der Waals surface area contributed by atoms with Gasteiger partial charge in [-0.15, -0.1) is 0 Å². The Morgan fingerprint density at radius 1 is 1.40 bits per heavy atom. The Labute approximate surface area is 137 Å². The van der Waals surface area contributed by atoms with E-state index in [9.17, 15) is 0 Å². The molecule has 1 fully saturated rings. The van der Waals surface area contributed by atoms with Crippen LogP contribution in [0.25, 0.3) is 0 Å². The van der Waals surface area contributed by atoms with Crippen molar-refractivity contribution >= 4 is 50.1 Å². The number of thioether (sulfide) groups is 1. The molecule has 1 aromatic rings. The Morgan fingerprint density at radius 2 is 2.15 bits per heavy atom. The minimum atomic E-state index is 0.198. The smallest absolute Gasteiger partial charge is 0.161 e. The van der Waals surface area contributed by atoms with Gasteiger partial charge in [0.05, 0.1) is 10.6 Å². The lowest BCUT2D eigenvalue weighted by Gasteiger charge is -2.32. The van der Waals surface area contributed by atoms with Crippen LogP contribution in [0.1, 0.15) is 32.6 Å².